The molecule has 0 aliphatic carbocycles. The summed E-state index contributed by atoms with van der Waals surface area (Å²) >= 11 is 1.45. The summed E-state index contributed by atoms with van der Waals surface area (Å²) in [6.07, 6.45) is 3.99. The highest BCUT2D eigenvalue weighted by Gasteiger charge is 2.17. The number of nitrogens with zero attached hydrogens (tertiary/aromatic N) is 1. The van der Waals surface area contributed by atoms with Crippen LogP contribution in [0, 0.1) is 0 Å². The van der Waals surface area contributed by atoms with E-state index in [2.05, 4.69) is 9.97 Å². The SMILES string of the molecule is COc1cccc(CSc2ncc(OC3CCCCO3)c(=O)[nH]2)c1. The lowest BCUT2D eigenvalue weighted by atomic mass is 10.2. The maximum Gasteiger partial charge on any atom is 0.294 e. The number of hydrogen-bond acceptors (Lipinski definition) is 6. The zero-order chi connectivity index (χ0) is 16.8. The maximum absolute atomic E-state index is 12.1. The molecule has 1 aliphatic heterocycles. The quantitative estimate of drug-likeness (QED) is 0.639. The van der Waals surface area contributed by atoms with Gasteiger partial charge in [0.1, 0.15) is 5.75 Å². The number of ether oxygens (including phenoxy) is 3. The van der Waals surface area contributed by atoms with Crippen LogP contribution in [0.2, 0.25) is 0 Å². The molecular formula is C17H20N2O4S. The maximum atomic E-state index is 12.1. The number of hydrogen-bond donors (Lipinski definition) is 1. The van der Waals surface area contributed by atoms with Gasteiger partial charge in [-0.3, -0.25) is 9.78 Å². The van der Waals surface area contributed by atoms with Gasteiger partial charge in [-0.25, -0.2) is 4.98 Å². The van der Waals surface area contributed by atoms with Gasteiger partial charge < -0.3 is 14.2 Å². The first-order valence-electron chi connectivity index (χ1n) is 7.88. The van der Waals surface area contributed by atoms with E-state index >= 15 is 0 Å². The molecule has 0 radical (unpaired) electrons. The van der Waals surface area contributed by atoms with Crippen molar-refractivity contribution >= 4 is 11.8 Å². The van der Waals surface area contributed by atoms with Crippen LogP contribution in [0.4, 0.5) is 0 Å². The number of methoxy groups -OCH3 is 1. The van der Waals surface area contributed by atoms with E-state index in [4.69, 9.17) is 14.2 Å². The molecule has 0 amide bonds. The third-order valence-electron chi connectivity index (χ3n) is 3.65. The van der Waals surface area contributed by atoms with Crippen molar-refractivity contribution in [1.29, 1.82) is 0 Å². The van der Waals surface area contributed by atoms with E-state index in [1.54, 1.807) is 7.11 Å². The van der Waals surface area contributed by atoms with E-state index in [1.165, 1.54) is 18.0 Å². The summed E-state index contributed by atoms with van der Waals surface area (Å²) in [6.45, 7) is 0.671. The minimum absolute atomic E-state index is 0.202. The standard InChI is InChI=1S/C17H20N2O4S/c1-21-13-6-4-5-12(9-13)11-24-17-18-10-14(16(20)19-17)23-15-7-2-3-8-22-15/h4-6,9-10,15H,2-3,7-8,11H2,1H3,(H,18,19,20). The summed E-state index contributed by atoms with van der Waals surface area (Å²) in [6, 6.07) is 7.80. The second kappa shape index (κ2) is 8.21. The number of benzene rings is 1. The Balaban J connectivity index is 1.60. The van der Waals surface area contributed by atoms with Gasteiger partial charge in [0.25, 0.3) is 5.56 Å². The van der Waals surface area contributed by atoms with Gasteiger partial charge in [0.05, 0.1) is 19.9 Å². The Morgan fingerprint density at radius 2 is 2.33 bits per heavy atom. The highest BCUT2D eigenvalue weighted by Crippen LogP contribution is 2.22. The lowest BCUT2D eigenvalue weighted by Crippen LogP contribution is -2.27. The molecule has 0 spiro atoms. The van der Waals surface area contributed by atoms with Crippen LogP contribution in [0.25, 0.3) is 0 Å². The Kier molecular flexibility index (Phi) is 5.77. The molecule has 1 unspecified atom stereocenters. The smallest absolute Gasteiger partial charge is 0.294 e. The van der Waals surface area contributed by atoms with Crippen molar-refractivity contribution in [1.82, 2.24) is 9.97 Å². The number of thioether (sulfide) groups is 1. The zero-order valence-corrected chi connectivity index (χ0v) is 14.3. The van der Waals surface area contributed by atoms with Crippen molar-refractivity contribution in [2.75, 3.05) is 13.7 Å². The normalized spacial score (nSPS) is 17.5. The van der Waals surface area contributed by atoms with Crippen molar-refractivity contribution in [2.45, 2.75) is 36.5 Å². The summed E-state index contributed by atoms with van der Waals surface area (Å²) in [7, 11) is 1.64. The van der Waals surface area contributed by atoms with Gasteiger partial charge in [0.15, 0.2) is 11.4 Å². The Morgan fingerprint density at radius 3 is 3.08 bits per heavy atom. The van der Waals surface area contributed by atoms with Gasteiger partial charge in [0.2, 0.25) is 5.75 Å². The minimum atomic E-state index is -0.350. The molecule has 1 aliphatic rings. The minimum Gasteiger partial charge on any atom is -0.497 e. The first-order valence-corrected chi connectivity index (χ1v) is 8.86. The van der Waals surface area contributed by atoms with E-state index in [9.17, 15) is 4.79 Å². The molecule has 0 saturated carbocycles. The molecule has 1 aromatic heterocycles. The molecule has 3 rings (SSSR count). The summed E-state index contributed by atoms with van der Waals surface area (Å²) in [5, 5.41) is 0.555. The number of H-pyrrole nitrogens is 1. The van der Waals surface area contributed by atoms with Gasteiger partial charge in [-0.1, -0.05) is 23.9 Å². The highest BCUT2D eigenvalue weighted by atomic mass is 32.2. The summed E-state index contributed by atoms with van der Waals surface area (Å²) in [4.78, 5) is 19.1. The van der Waals surface area contributed by atoms with Crippen LogP contribution in [-0.2, 0) is 10.5 Å². The average molecular weight is 348 g/mol. The Bertz CT molecular complexity index is 729. The van der Waals surface area contributed by atoms with E-state index in [0.717, 1.165) is 30.6 Å². The van der Waals surface area contributed by atoms with Crippen LogP contribution < -0.4 is 15.0 Å². The topological polar surface area (TPSA) is 73.4 Å². The van der Waals surface area contributed by atoms with Crippen LogP contribution in [0.3, 0.4) is 0 Å². The zero-order valence-electron chi connectivity index (χ0n) is 13.5. The molecule has 2 aromatic rings. The molecule has 1 atom stereocenters. The van der Waals surface area contributed by atoms with Crippen LogP contribution in [0.5, 0.6) is 11.5 Å². The van der Waals surface area contributed by atoms with Crippen LogP contribution in [0.15, 0.2) is 40.4 Å². The number of rotatable bonds is 6. The Morgan fingerprint density at radius 1 is 1.42 bits per heavy atom. The first kappa shape index (κ1) is 16.9. The summed E-state index contributed by atoms with van der Waals surface area (Å²) < 4.78 is 16.3. The molecule has 1 aromatic carbocycles. The van der Waals surface area contributed by atoms with Crippen LogP contribution >= 0.6 is 11.8 Å². The fraction of sp³-hybridized carbons (Fsp3) is 0.412. The number of aromatic amines is 1. The van der Waals surface area contributed by atoms with Crippen molar-refractivity contribution < 1.29 is 14.2 Å². The fourth-order valence-electron chi connectivity index (χ4n) is 2.38. The number of nitrogens with one attached hydrogen (secondary N) is 1. The van der Waals surface area contributed by atoms with Crippen LogP contribution in [0.1, 0.15) is 24.8 Å². The van der Waals surface area contributed by atoms with Gasteiger partial charge in [-0.05, 0) is 30.5 Å². The molecule has 0 bridgehead atoms. The van der Waals surface area contributed by atoms with E-state index < -0.39 is 0 Å². The second-order valence-electron chi connectivity index (χ2n) is 5.44. The predicted octanol–water partition coefficient (Wildman–Crippen LogP) is 2.98. The molecule has 1 N–H and O–H groups in total. The van der Waals surface area contributed by atoms with Gasteiger partial charge in [0, 0.05) is 12.2 Å². The molecule has 7 heteroatoms. The largest absolute Gasteiger partial charge is 0.497 e. The van der Waals surface area contributed by atoms with Gasteiger partial charge in [-0.2, -0.15) is 0 Å². The van der Waals surface area contributed by atoms with E-state index in [0.29, 0.717) is 17.5 Å². The van der Waals surface area contributed by atoms with Crippen LogP contribution in [-0.4, -0.2) is 30.0 Å². The number of aromatic nitrogens is 2. The molecule has 24 heavy (non-hydrogen) atoms. The molecule has 1 fully saturated rings. The van der Waals surface area contributed by atoms with Crippen molar-refractivity contribution in [2.24, 2.45) is 0 Å². The van der Waals surface area contributed by atoms with Gasteiger partial charge >= 0.3 is 0 Å². The third kappa shape index (κ3) is 4.52. The van der Waals surface area contributed by atoms with E-state index in [-0.39, 0.29) is 17.6 Å². The lowest BCUT2D eigenvalue weighted by molar-refractivity contribution is -0.106. The fourth-order valence-corrected chi connectivity index (χ4v) is 3.16. The summed E-state index contributed by atoms with van der Waals surface area (Å²) in [5.74, 6) is 1.70. The highest BCUT2D eigenvalue weighted by molar-refractivity contribution is 7.98. The van der Waals surface area contributed by atoms with Crippen molar-refractivity contribution in [3.63, 3.8) is 0 Å². The summed E-state index contributed by atoms with van der Waals surface area (Å²) in [5.41, 5.74) is 0.810. The molecular weight excluding hydrogens is 328 g/mol. The average Bonchev–Trinajstić information content (AvgIpc) is 2.63. The van der Waals surface area contributed by atoms with E-state index in [1.807, 2.05) is 24.3 Å². The first-order chi connectivity index (χ1) is 11.7. The Labute approximate surface area is 144 Å². The van der Waals surface area contributed by atoms with Crippen molar-refractivity contribution in [3.8, 4) is 11.5 Å². The lowest BCUT2D eigenvalue weighted by Gasteiger charge is -2.22. The molecule has 2 heterocycles. The monoisotopic (exact) mass is 348 g/mol. The molecule has 6 nitrogen and oxygen atoms in total. The molecule has 1 saturated heterocycles. The van der Waals surface area contributed by atoms with Gasteiger partial charge in [-0.15, -0.1) is 0 Å². The third-order valence-corrected chi connectivity index (χ3v) is 4.61. The molecule has 128 valence electrons. The Hall–Kier alpha value is -1.99. The van der Waals surface area contributed by atoms with Crippen molar-refractivity contribution in [3.05, 3.63) is 46.4 Å². The second-order valence-corrected chi connectivity index (χ2v) is 6.40. The predicted molar refractivity (Wildman–Crippen MR) is 91.6 cm³/mol.